The van der Waals surface area contributed by atoms with Gasteiger partial charge in [-0.1, -0.05) is 28.1 Å². The highest BCUT2D eigenvalue weighted by atomic mass is 79.9. The maximum absolute atomic E-state index is 9.50. The first kappa shape index (κ1) is 18.5. The van der Waals surface area contributed by atoms with Crippen molar-refractivity contribution in [3.05, 3.63) is 76.5 Å². The summed E-state index contributed by atoms with van der Waals surface area (Å²) in [5.41, 5.74) is 6.44. The molecule has 0 saturated heterocycles. The molecule has 4 rings (SSSR count). The van der Waals surface area contributed by atoms with Crippen LogP contribution in [-0.2, 0) is 6.61 Å². The number of hydrogen-bond donors (Lipinski definition) is 2. The van der Waals surface area contributed by atoms with Gasteiger partial charge in [0.25, 0.3) is 0 Å². The Morgan fingerprint density at radius 1 is 1.14 bits per heavy atom. The fourth-order valence-corrected chi connectivity index (χ4v) is 3.63. The Balaban J connectivity index is 1.78. The highest BCUT2D eigenvalue weighted by Gasteiger charge is 2.14. The molecule has 6 heteroatoms. The highest BCUT2D eigenvalue weighted by molar-refractivity contribution is 9.10. The molecule has 0 aliphatic rings. The summed E-state index contributed by atoms with van der Waals surface area (Å²) < 4.78 is 8.31. The van der Waals surface area contributed by atoms with E-state index in [-0.39, 0.29) is 6.61 Å². The average molecular weight is 438 g/mol. The molecule has 2 N–H and O–H groups in total. The van der Waals surface area contributed by atoms with E-state index in [0.717, 1.165) is 49.8 Å². The smallest absolute Gasteiger partial charge is 0.161 e. The predicted octanol–water partition coefficient (Wildman–Crippen LogP) is 5.32. The molecule has 2 heterocycles. The van der Waals surface area contributed by atoms with Gasteiger partial charge in [-0.05, 0) is 55.0 Å². The highest BCUT2D eigenvalue weighted by Crippen LogP contribution is 2.31. The first-order valence-electron chi connectivity index (χ1n) is 8.89. The zero-order valence-electron chi connectivity index (χ0n) is 15.6. The van der Waals surface area contributed by atoms with E-state index in [2.05, 4.69) is 32.6 Å². The van der Waals surface area contributed by atoms with Crippen LogP contribution in [0.4, 0.5) is 11.4 Å². The van der Waals surface area contributed by atoms with Crippen molar-refractivity contribution in [2.24, 2.45) is 0 Å². The van der Waals surface area contributed by atoms with Crippen LogP contribution in [0.2, 0.25) is 0 Å². The molecule has 142 valence electrons. The van der Waals surface area contributed by atoms with Gasteiger partial charge in [0.2, 0.25) is 0 Å². The molecule has 0 amide bonds. The minimum atomic E-state index is -0.0250. The topological polar surface area (TPSA) is 58.8 Å². The number of rotatable bonds is 5. The van der Waals surface area contributed by atoms with Crippen LogP contribution in [0.5, 0.6) is 5.75 Å². The molecule has 28 heavy (non-hydrogen) atoms. The van der Waals surface area contributed by atoms with E-state index in [1.54, 1.807) is 7.11 Å². The van der Waals surface area contributed by atoms with Gasteiger partial charge < -0.3 is 19.6 Å². The third kappa shape index (κ3) is 3.37. The van der Waals surface area contributed by atoms with Crippen LogP contribution in [-0.4, -0.2) is 21.6 Å². The number of aliphatic hydroxyl groups excluding tert-OH is 1. The van der Waals surface area contributed by atoms with Crippen molar-refractivity contribution in [3.63, 3.8) is 0 Å². The Morgan fingerprint density at radius 2 is 2.00 bits per heavy atom. The van der Waals surface area contributed by atoms with Crippen molar-refractivity contribution in [1.29, 1.82) is 0 Å². The molecule has 4 aromatic rings. The summed E-state index contributed by atoms with van der Waals surface area (Å²) in [7, 11) is 1.66. The SMILES string of the molecule is COc1cccc(-c2nc3c(Nc4ccc(Br)c(CO)c4)cccn3c2C)c1. The van der Waals surface area contributed by atoms with Crippen LogP contribution in [0.1, 0.15) is 11.3 Å². The lowest BCUT2D eigenvalue weighted by Crippen LogP contribution is -1.96. The zero-order chi connectivity index (χ0) is 19.7. The van der Waals surface area contributed by atoms with Crippen LogP contribution < -0.4 is 10.1 Å². The molecule has 0 radical (unpaired) electrons. The lowest BCUT2D eigenvalue weighted by molar-refractivity contribution is 0.281. The largest absolute Gasteiger partial charge is 0.497 e. The van der Waals surface area contributed by atoms with Crippen molar-refractivity contribution in [1.82, 2.24) is 9.38 Å². The summed E-state index contributed by atoms with van der Waals surface area (Å²) in [6.45, 7) is 2.03. The third-order valence-electron chi connectivity index (χ3n) is 4.73. The number of imidazole rings is 1. The molecule has 2 aromatic heterocycles. The van der Waals surface area contributed by atoms with Gasteiger partial charge >= 0.3 is 0 Å². The lowest BCUT2D eigenvalue weighted by Gasteiger charge is -2.10. The number of aliphatic hydroxyl groups is 1. The van der Waals surface area contributed by atoms with Crippen molar-refractivity contribution in [2.75, 3.05) is 12.4 Å². The third-order valence-corrected chi connectivity index (χ3v) is 5.50. The number of halogens is 1. The average Bonchev–Trinajstić information content (AvgIpc) is 3.07. The van der Waals surface area contributed by atoms with Crippen molar-refractivity contribution in [2.45, 2.75) is 13.5 Å². The van der Waals surface area contributed by atoms with E-state index < -0.39 is 0 Å². The molecule has 0 aliphatic heterocycles. The van der Waals surface area contributed by atoms with E-state index in [0.29, 0.717) is 0 Å². The van der Waals surface area contributed by atoms with Crippen molar-refractivity contribution in [3.8, 4) is 17.0 Å². The van der Waals surface area contributed by atoms with Crippen molar-refractivity contribution >= 4 is 33.0 Å². The maximum atomic E-state index is 9.50. The minimum Gasteiger partial charge on any atom is -0.497 e. The summed E-state index contributed by atoms with van der Waals surface area (Å²) in [6, 6.07) is 17.7. The fourth-order valence-electron chi connectivity index (χ4n) is 3.26. The molecule has 2 aromatic carbocycles. The Hall–Kier alpha value is -2.83. The molecule has 0 aliphatic carbocycles. The van der Waals surface area contributed by atoms with Gasteiger partial charge in [0.05, 0.1) is 25.1 Å². The molecule has 0 atom stereocenters. The molecule has 0 bridgehead atoms. The predicted molar refractivity (Wildman–Crippen MR) is 115 cm³/mol. The molecule has 0 spiro atoms. The second kappa shape index (κ2) is 7.66. The van der Waals surface area contributed by atoms with Gasteiger partial charge in [-0.25, -0.2) is 4.98 Å². The second-order valence-electron chi connectivity index (χ2n) is 6.48. The first-order chi connectivity index (χ1) is 13.6. The van der Waals surface area contributed by atoms with Gasteiger partial charge in [-0.3, -0.25) is 0 Å². The van der Waals surface area contributed by atoms with Gasteiger partial charge in [-0.15, -0.1) is 0 Å². The molecule has 0 unspecified atom stereocenters. The summed E-state index contributed by atoms with van der Waals surface area (Å²) in [4.78, 5) is 4.90. The maximum Gasteiger partial charge on any atom is 0.161 e. The number of fused-ring (bicyclic) bond motifs is 1. The van der Waals surface area contributed by atoms with Gasteiger partial charge in [-0.2, -0.15) is 0 Å². The number of nitrogens with zero attached hydrogens (tertiary/aromatic N) is 2. The van der Waals surface area contributed by atoms with E-state index in [1.165, 1.54) is 0 Å². The number of aryl methyl sites for hydroxylation is 1. The number of pyridine rings is 1. The fraction of sp³-hybridized carbons (Fsp3) is 0.136. The quantitative estimate of drug-likeness (QED) is 0.443. The number of aromatic nitrogens is 2. The Morgan fingerprint density at radius 3 is 2.79 bits per heavy atom. The Bertz CT molecular complexity index is 1150. The van der Waals surface area contributed by atoms with E-state index in [4.69, 9.17) is 9.72 Å². The standard InChI is InChI=1S/C22H20BrN3O2/c1-14-21(15-5-3-6-18(12-15)28-2)25-22-20(7-4-10-26(14)22)24-17-8-9-19(23)16(11-17)13-27/h3-12,24,27H,13H2,1-2H3. The number of hydrogen-bond acceptors (Lipinski definition) is 4. The summed E-state index contributed by atoms with van der Waals surface area (Å²) in [5.74, 6) is 0.804. The monoisotopic (exact) mass is 437 g/mol. The number of nitrogens with one attached hydrogen (secondary N) is 1. The summed E-state index contributed by atoms with van der Waals surface area (Å²) in [6.07, 6.45) is 2.01. The first-order valence-corrected chi connectivity index (χ1v) is 9.68. The lowest BCUT2D eigenvalue weighted by atomic mass is 10.1. The van der Waals surface area contributed by atoms with Crippen LogP contribution in [0.25, 0.3) is 16.9 Å². The molecular weight excluding hydrogens is 418 g/mol. The number of anilines is 2. The van der Waals surface area contributed by atoms with Crippen LogP contribution >= 0.6 is 15.9 Å². The van der Waals surface area contributed by atoms with Gasteiger partial charge in [0.1, 0.15) is 5.75 Å². The second-order valence-corrected chi connectivity index (χ2v) is 7.34. The van der Waals surface area contributed by atoms with Crippen molar-refractivity contribution < 1.29 is 9.84 Å². The molecule has 0 saturated carbocycles. The summed E-state index contributed by atoms with van der Waals surface area (Å²) in [5, 5.41) is 12.9. The number of methoxy groups -OCH3 is 1. The molecule has 0 fully saturated rings. The van der Waals surface area contributed by atoms with Crippen LogP contribution in [0.3, 0.4) is 0 Å². The van der Waals surface area contributed by atoms with Crippen LogP contribution in [0.15, 0.2) is 65.3 Å². The van der Waals surface area contributed by atoms with E-state index in [9.17, 15) is 5.11 Å². The number of ether oxygens (including phenoxy) is 1. The number of benzene rings is 2. The Kier molecular flexibility index (Phi) is 5.07. The van der Waals surface area contributed by atoms with E-state index >= 15 is 0 Å². The Labute approximate surface area is 171 Å². The summed E-state index contributed by atoms with van der Waals surface area (Å²) >= 11 is 3.45. The van der Waals surface area contributed by atoms with Crippen LogP contribution in [0, 0.1) is 6.92 Å². The minimum absolute atomic E-state index is 0.0250. The van der Waals surface area contributed by atoms with Gasteiger partial charge in [0, 0.05) is 27.6 Å². The van der Waals surface area contributed by atoms with E-state index in [1.807, 2.05) is 60.8 Å². The zero-order valence-corrected chi connectivity index (χ0v) is 17.2. The molecular formula is C22H20BrN3O2. The van der Waals surface area contributed by atoms with Gasteiger partial charge in [0.15, 0.2) is 5.65 Å². The normalized spacial score (nSPS) is 11.0. The molecule has 5 nitrogen and oxygen atoms in total.